The molecule has 0 aliphatic rings. The molecule has 0 amide bonds. The lowest BCUT2D eigenvalue weighted by atomic mass is 10.2. The first kappa shape index (κ1) is 12.3. The standard InChI is InChI=1S/C10H9N5O2/c11-1-3-15(4-2-12)9-8(13)5-7(6-14-9)10(16)17/h5-6H,3-4,13H2,(H,16,17). The lowest BCUT2D eigenvalue weighted by molar-refractivity contribution is 0.0696. The Morgan fingerprint density at radius 2 is 2.06 bits per heavy atom. The van der Waals surface area contributed by atoms with Gasteiger partial charge in [0.1, 0.15) is 13.1 Å². The minimum absolute atomic E-state index is 0.0416. The second-order valence-corrected chi connectivity index (χ2v) is 3.11. The molecule has 0 aliphatic carbocycles. The molecule has 1 rings (SSSR count). The number of hydrogen-bond acceptors (Lipinski definition) is 6. The molecular formula is C10H9N5O2. The topological polar surface area (TPSA) is 127 Å². The van der Waals surface area contributed by atoms with Crippen LogP contribution in [0.4, 0.5) is 11.5 Å². The number of nitriles is 2. The van der Waals surface area contributed by atoms with Crippen LogP contribution in [0.5, 0.6) is 0 Å². The van der Waals surface area contributed by atoms with Crippen molar-refractivity contribution in [2.24, 2.45) is 0 Å². The van der Waals surface area contributed by atoms with Crippen LogP contribution in [-0.2, 0) is 0 Å². The Balaban J connectivity index is 3.09. The SMILES string of the molecule is N#CCN(CC#N)c1ncc(C(=O)O)cc1N. The van der Waals surface area contributed by atoms with Crippen LogP contribution in [-0.4, -0.2) is 29.1 Å². The van der Waals surface area contributed by atoms with Crippen molar-refractivity contribution in [2.45, 2.75) is 0 Å². The highest BCUT2D eigenvalue weighted by Gasteiger charge is 2.13. The molecule has 1 aromatic rings. The van der Waals surface area contributed by atoms with Crippen molar-refractivity contribution in [2.75, 3.05) is 23.7 Å². The van der Waals surface area contributed by atoms with Gasteiger partial charge in [0.25, 0.3) is 0 Å². The Bertz CT molecular complexity index is 498. The molecule has 0 spiro atoms. The molecule has 0 saturated heterocycles. The summed E-state index contributed by atoms with van der Waals surface area (Å²) >= 11 is 0. The molecule has 0 unspecified atom stereocenters. The number of nitrogens with two attached hydrogens (primary N) is 1. The molecule has 0 bridgehead atoms. The molecule has 86 valence electrons. The largest absolute Gasteiger partial charge is 0.478 e. The quantitative estimate of drug-likeness (QED) is 0.709. The van der Waals surface area contributed by atoms with E-state index in [-0.39, 0.29) is 30.2 Å². The zero-order valence-electron chi connectivity index (χ0n) is 8.79. The number of pyridine rings is 1. The fourth-order valence-corrected chi connectivity index (χ4v) is 1.23. The number of anilines is 2. The number of carboxylic acids is 1. The predicted molar refractivity (Wildman–Crippen MR) is 59.0 cm³/mol. The third-order valence-corrected chi connectivity index (χ3v) is 1.96. The van der Waals surface area contributed by atoms with Crippen molar-refractivity contribution < 1.29 is 9.90 Å². The smallest absolute Gasteiger partial charge is 0.337 e. The fraction of sp³-hybridized carbons (Fsp3) is 0.200. The number of carbonyl (C=O) groups is 1. The summed E-state index contributed by atoms with van der Waals surface area (Å²) in [4.78, 5) is 15.9. The summed E-state index contributed by atoms with van der Waals surface area (Å²) in [5.74, 6) is -0.902. The summed E-state index contributed by atoms with van der Waals surface area (Å²) < 4.78 is 0. The molecule has 1 heterocycles. The van der Waals surface area contributed by atoms with Crippen LogP contribution < -0.4 is 10.6 Å². The van der Waals surface area contributed by atoms with Crippen LogP contribution in [0.2, 0.25) is 0 Å². The van der Waals surface area contributed by atoms with E-state index in [4.69, 9.17) is 21.4 Å². The van der Waals surface area contributed by atoms with E-state index in [1.54, 1.807) is 0 Å². The van der Waals surface area contributed by atoms with Crippen molar-refractivity contribution >= 4 is 17.5 Å². The Morgan fingerprint density at radius 3 is 2.47 bits per heavy atom. The molecule has 3 N–H and O–H groups in total. The first-order chi connectivity index (χ1) is 8.10. The third-order valence-electron chi connectivity index (χ3n) is 1.96. The summed E-state index contributed by atoms with van der Waals surface area (Å²) in [6.45, 7) is -0.0889. The first-order valence-electron chi connectivity index (χ1n) is 4.57. The van der Waals surface area contributed by atoms with Gasteiger partial charge in [-0.05, 0) is 6.07 Å². The highest BCUT2D eigenvalue weighted by atomic mass is 16.4. The minimum Gasteiger partial charge on any atom is -0.478 e. The molecule has 0 saturated carbocycles. The third kappa shape index (κ3) is 2.83. The van der Waals surface area contributed by atoms with E-state index in [0.29, 0.717) is 0 Å². The average molecular weight is 231 g/mol. The highest BCUT2D eigenvalue weighted by Crippen LogP contribution is 2.20. The van der Waals surface area contributed by atoms with Crippen LogP contribution in [0.15, 0.2) is 12.3 Å². The zero-order valence-corrected chi connectivity index (χ0v) is 8.79. The number of nitrogen functional groups attached to an aromatic ring is 1. The highest BCUT2D eigenvalue weighted by molar-refractivity contribution is 5.89. The van der Waals surface area contributed by atoms with Crippen molar-refractivity contribution in [3.8, 4) is 12.1 Å². The second-order valence-electron chi connectivity index (χ2n) is 3.11. The molecule has 0 aromatic carbocycles. The van der Waals surface area contributed by atoms with E-state index < -0.39 is 5.97 Å². The molecule has 17 heavy (non-hydrogen) atoms. The molecule has 1 aromatic heterocycles. The van der Waals surface area contributed by atoms with Crippen molar-refractivity contribution in [3.05, 3.63) is 17.8 Å². The Kier molecular flexibility index (Phi) is 3.85. The van der Waals surface area contributed by atoms with Crippen molar-refractivity contribution in [3.63, 3.8) is 0 Å². The predicted octanol–water partition coefficient (Wildman–Crippen LogP) is 0.216. The van der Waals surface area contributed by atoms with E-state index in [9.17, 15) is 4.79 Å². The molecule has 0 fully saturated rings. The molecule has 7 heteroatoms. The summed E-state index contributed by atoms with van der Waals surface area (Å²) in [6, 6.07) is 5.00. The van der Waals surface area contributed by atoms with Gasteiger partial charge < -0.3 is 15.7 Å². The lowest BCUT2D eigenvalue weighted by Crippen LogP contribution is -2.26. The van der Waals surface area contributed by atoms with Crippen LogP contribution in [0, 0.1) is 22.7 Å². The maximum atomic E-state index is 10.7. The number of hydrogen-bond donors (Lipinski definition) is 2. The Morgan fingerprint density at radius 1 is 1.47 bits per heavy atom. The van der Waals surface area contributed by atoms with Crippen molar-refractivity contribution in [1.29, 1.82) is 10.5 Å². The van der Waals surface area contributed by atoms with E-state index >= 15 is 0 Å². The minimum atomic E-state index is -1.14. The number of aromatic carboxylic acids is 1. The van der Waals surface area contributed by atoms with Crippen LogP contribution in [0.25, 0.3) is 0 Å². The van der Waals surface area contributed by atoms with Gasteiger partial charge in [0.2, 0.25) is 0 Å². The number of nitrogens with zero attached hydrogens (tertiary/aromatic N) is 4. The lowest BCUT2D eigenvalue weighted by Gasteiger charge is -2.18. The first-order valence-corrected chi connectivity index (χ1v) is 4.57. The molecular weight excluding hydrogens is 222 g/mol. The van der Waals surface area contributed by atoms with Gasteiger partial charge >= 0.3 is 5.97 Å². The van der Waals surface area contributed by atoms with Crippen LogP contribution >= 0.6 is 0 Å². The maximum Gasteiger partial charge on any atom is 0.337 e. The summed E-state index contributed by atoms with van der Waals surface area (Å²) in [5.41, 5.74) is 5.71. The van der Waals surface area contributed by atoms with Crippen LogP contribution in [0.1, 0.15) is 10.4 Å². The monoisotopic (exact) mass is 231 g/mol. The van der Waals surface area contributed by atoms with Gasteiger partial charge in [0.05, 0.1) is 23.4 Å². The normalized spacial score (nSPS) is 9.06. The van der Waals surface area contributed by atoms with E-state index in [1.165, 1.54) is 11.0 Å². The van der Waals surface area contributed by atoms with E-state index in [2.05, 4.69) is 4.98 Å². The molecule has 7 nitrogen and oxygen atoms in total. The zero-order chi connectivity index (χ0) is 12.8. The molecule has 0 atom stereocenters. The Labute approximate surface area is 97.3 Å². The van der Waals surface area contributed by atoms with E-state index in [0.717, 1.165) is 6.20 Å². The second kappa shape index (κ2) is 5.33. The van der Waals surface area contributed by atoms with Gasteiger partial charge in [0.15, 0.2) is 5.82 Å². The van der Waals surface area contributed by atoms with Crippen molar-refractivity contribution in [1.82, 2.24) is 4.98 Å². The van der Waals surface area contributed by atoms with Gasteiger partial charge in [-0.15, -0.1) is 0 Å². The molecule has 0 radical (unpaired) electrons. The van der Waals surface area contributed by atoms with Gasteiger partial charge in [0, 0.05) is 6.20 Å². The average Bonchev–Trinajstić information content (AvgIpc) is 2.28. The fourth-order valence-electron chi connectivity index (χ4n) is 1.23. The number of rotatable bonds is 4. The molecule has 0 aliphatic heterocycles. The number of aromatic nitrogens is 1. The summed E-state index contributed by atoms with van der Waals surface area (Å²) in [6.07, 6.45) is 1.13. The summed E-state index contributed by atoms with van der Waals surface area (Å²) in [7, 11) is 0. The number of carboxylic acid groups (broad SMARTS) is 1. The maximum absolute atomic E-state index is 10.7. The van der Waals surface area contributed by atoms with Gasteiger partial charge in [-0.25, -0.2) is 9.78 Å². The Hall–Kier alpha value is -2.80. The van der Waals surface area contributed by atoms with Crippen LogP contribution in [0.3, 0.4) is 0 Å². The van der Waals surface area contributed by atoms with Gasteiger partial charge in [-0.2, -0.15) is 10.5 Å². The summed E-state index contributed by atoms with van der Waals surface area (Å²) in [5, 5.41) is 25.9. The van der Waals surface area contributed by atoms with Gasteiger partial charge in [-0.3, -0.25) is 0 Å². The van der Waals surface area contributed by atoms with E-state index in [1.807, 2.05) is 12.1 Å². The van der Waals surface area contributed by atoms with Gasteiger partial charge in [-0.1, -0.05) is 0 Å².